The van der Waals surface area contributed by atoms with E-state index in [1.165, 1.54) is 6.07 Å². The molecule has 3 aromatic rings. The van der Waals surface area contributed by atoms with Crippen molar-refractivity contribution in [1.29, 1.82) is 0 Å². The summed E-state index contributed by atoms with van der Waals surface area (Å²) in [7, 11) is 0. The van der Waals surface area contributed by atoms with E-state index in [1.807, 2.05) is 23.1 Å². The maximum absolute atomic E-state index is 13.9. The van der Waals surface area contributed by atoms with Crippen LogP contribution in [0.1, 0.15) is 65.1 Å². The Balaban J connectivity index is 1.44. The van der Waals surface area contributed by atoms with Crippen molar-refractivity contribution >= 4 is 34.4 Å². The van der Waals surface area contributed by atoms with Gasteiger partial charge < -0.3 is 15.1 Å². The molecule has 40 heavy (non-hydrogen) atoms. The number of likely N-dealkylation sites (tertiary alicyclic amines) is 1. The summed E-state index contributed by atoms with van der Waals surface area (Å²) in [6.45, 7) is 7.58. The monoisotopic (exact) mass is 660 g/mol. The van der Waals surface area contributed by atoms with E-state index in [-0.39, 0.29) is 24.1 Å². The van der Waals surface area contributed by atoms with Gasteiger partial charge >= 0.3 is 0 Å². The molecule has 0 aliphatic carbocycles. The highest BCUT2D eigenvalue weighted by atomic mass is 127. The Morgan fingerprint density at radius 2 is 1.73 bits per heavy atom. The number of nitrogens with one attached hydrogen (secondary N) is 1. The van der Waals surface area contributed by atoms with E-state index in [4.69, 9.17) is 0 Å². The lowest BCUT2D eigenvalue weighted by atomic mass is 10.00. The highest BCUT2D eigenvalue weighted by Gasteiger charge is 2.29. The van der Waals surface area contributed by atoms with Crippen LogP contribution in [0.25, 0.3) is 0 Å². The number of pyridine rings is 1. The summed E-state index contributed by atoms with van der Waals surface area (Å²) in [5.74, 6) is -1.28. The van der Waals surface area contributed by atoms with E-state index in [0.717, 1.165) is 60.2 Å². The van der Waals surface area contributed by atoms with Crippen molar-refractivity contribution in [2.24, 2.45) is 5.92 Å². The largest absolute Gasteiger partial charge is 0.348 e. The van der Waals surface area contributed by atoms with Crippen LogP contribution in [0.15, 0.2) is 60.8 Å². The van der Waals surface area contributed by atoms with Crippen LogP contribution in [-0.2, 0) is 13.1 Å². The Morgan fingerprint density at radius 3 is 2.33 bits per heavy atom. The summed E-state index contributed by atoms with van der Waals surface area (Å²) in [4.78, 5) is 35.0. The molecule has 9 heteroatoms. The minimum atomic E-state index is -0.700. The molecule has 1 aliphatic rings. The number of carbonyl (C=O) groups is 2. The van der Waals surface area contributed by atoms with Crippen LogP contribution in [0.4, 0.5) is 8.78 Å². The first-order chi connectivity index (χ1) is 19.2. The van der Waals surface area contributed by atoms with E-state index >= 15 is 0 Å². The molecule has 1 fully saturated rings. The smallest absolute Gasteiger partial charge is 0.272 e. The van der Waals surface area contributed by atoms with Gasteiger partial charge in [-0.1, -0.05) is 32.0 Å². The fourth-order valence-corrected chi connectivity index (χ4v) is 5.16. The SMILES string of the molecule is CC(C)CCN1CCC(N(Cc2ccc(C(=O)NCc3c(F)cccc3F)cc2)C(=O)c2ccc(I)cn2)CC1. The molecule has 2 amide bonds. The predicted octanol–water partition coefficient (Wildman–Crippen LogP) is 6.05. The van der Waals surface area contributed by atoms with Gasteiger partial charge in [0, 0.05) is 53.1 Å². The molecule has 0 atom stereocenters. The van der Waals surface area contributed by atoms with Crippen LogP contribution in [0, 0.1) is 21.1 Å². The Bertz CT molecular complexity index is 1270. The molecule has 0 saturated carbocycles. The number of nitrogens with zero attached hydrogens (tertiary/aromatic N) is 3. The molecule has 6 nitrogen and oxygen atoms in total. The van der Waals surface area contributed by atoms with Gasteiger partial charge in [0.1, 0.15) is 17.3 Å². The number of hydrogen-bond acceptors (Lipinski definition) is 4. The lowest BCUT2D eigenvalue weighted by Crippen LogP contribution is -2.47. The second-order valence-corrected chi connectivity index (χ2v) is 11.9. The summed E-state index contributed by atoms with van der Waals surface area (Å²) in [6, 6.07) is 14.3. The van der Waals surface area contributed by atoms with Crippen molar-refractivity contribution in [3.05, 3.63) is 98.4 Å². The average molecular weight is 661 g/mol. The van der Waals surface area contributed by atoms with Gasteiger partial charge in [-0.25, -0.2) is 13.8 Å². The van der Waals surface area contributed by atoms with Gasteiger partial charge in [-0.15, -0.1) is 0 Å². The molecule has 1 aliphatic heterocycles. The minimum Gasteiger partial charge on any atom is -0.348 e. The van der Waals surface area contributed by atoms with E-state index in [9.17, 15) is 18.4 Å². The third-order valence-electron chi connectivity index (χ3n) is 7.28. The van der Waals surface area contributed by atoms with Crippen LogP contribution in [0.2, 0.25) is 0 Å². The molecule has 1 saturated heterocycles. The number of aromatic nitrogens is 1. The maximum atomic E-state index is 13.9. The van der Waals surface area contributed by atoms with Crippen molar-refractivity contribution in [1.82, 2.24) is 20.1 Å². The highest BCUT2D eigenvalue weighted by Crippen LogP contribution is 2.23. The van der Waals surface area contributed by atoms with E-state index in [0.29, 0.717) is 23.7 Å². The molecular weight excluding hydrogens is 625 g/mol. The van der Waals surface area contributed by atoms with Gasteiger partial charge in [0.25, 0.3) is 11.8 Å². The molecule has 2 heterocycles. The number of benzene rings is 2. The molecule has 0 radical (unpaired) electrons. The van der Waals surface area contributed by atoms with Gasteiger partial charge in [-0.2, -0.15) is 0 Å². The quantitative estimate of drug-likeness (QED) is 0.269. The zero-order valence-electron chi connectivity index (χ0n) is 22.9. The van der Waals surface area contributed by atoms with Crippen LogP contribution in [0.3, 0.4) is 0 Å². The van der Waals surface area contributed by atoms with Gasteiger partial charge in [-0.3, -0.25) is 9.59 Å². The number of carbonyl (C=O) groups excluding carboxylic acids is 2. The average Bonchev–Trinajstić information content (AvgIpc) is 2.95. The molecule has 4 rings (SSSR count). The first-order valence-electron chi connectivity index (χ1n) is 13.7. The fourth-order valence-electron chi connectivity index (χ4n) is 4.84. The van der Waals surface area contributed by atoms with E-state index < -0.39 is 17.5 Å². The van der Waals surface area contributed by atoms with Crippen molar-refractivity contribution in [2.45, 2.75) is 52.2 Å². The standard InChI is InChI=1S/C31H35F2IN4O2/c1-21(2)12-15-37-16-13-25(14-17-37)38(31(40)29-11-10-24(34)18-35-29)20-22-6-8-23(9-7-22)30(39)36-19-26-27(32)4-3-5-28(26)33/h3-11,18,21,25H,12-17,19-20H2,1-2H3,(H,36,39). The van der Waals surface area contributed by atoms with E-state index in [1.54, 1.807) is 24.4 Å². The maximum Gasteiger partial charge on any atom is 0.272 e. The predicted molar refractivity (Wildman–Crippen MR) is 160 cm³/mol. The lowest BCUT2D eigenvalue weighted by Gasteiger charge is -2.38. The van der Waals surface area contributed by atoms with Crippen LogP contribution in [0.5, 0.6) is 0 Å². The third kappa shape index (κ3) is 8.06. The highest BCUT2D eigenvalue weighted by molar-refractivity contribution is 14.1. The van der Waals surface area contributed by atoms with Gasteiger partial charge in [0.05, 0.1) is 0 Å². The lowest BCUT2D eigenvalue weighted by molar-refractivity contribution is 0.0540. The first kappa shape index (κ1) is 30.0. The van der Waals surface area contributed by atoms with Crippen molar-refractivity contribution in [3.63, 3.8) is 0 Å². The summed E-state index contributed by atoms with van der Waals surface area (Å²) in [6.07, 6.45) is 4.64. The van der Waals surface area contributed by atoms with Crippen molar-refractivity contribution in [2.75, 3.05) is 19.6 Å². The Morgan fingerprint density at radius 1 is 1.05 bits per heavy atom. The van der Waals surface area contributed by atoms with Crippen LogP contribution in [-0.4, -0.2) is 52.3 Å². The molecular formula is C31H35F2IN4O2. The molecule has 2 aromatic carbocycles. The van der Waals surface area contributed by atoms with E-state index in [2.05, 4.69) is 51.6 Å². The van der Waals surface area contributed by atoms with Gasteiger partial charge in [0.15, 0.2) is 0 Å². The molecule has 212 valence electrons. The van der Waals surface area contributed by atoms with Gasteiger partial charge in [0.2, 0.25) is 0 Å². The van der Waals surface area contributed by atoms with Crippen molar-refractivity contribution < 1.29 is 18.4 Å². The Labute approximate surface area is 248 Å². The summed E-state index contributed by atoms with van der Waals surface area (Å²) < 4.78 is 28.8. The minimum absolute atomic E-state index is 0.0857. The summed E-state index contributed by atoms with van der Waals surface area (Å²) in [5.41, 5.74) is 1.49. The zero-order chi connectivity index (χ0) is 28.6. The second kappa shape index (κ2) is 14.1. The zero-order valence-corrected chi connectivity index (χ0v) is 25.0. The third-order valence-corrected chi connectivity index (χ3v) is 7.92. The van der Waals surface area contributed by atoms with Crippen molar-refractivity contribution in [3.8, 4) is 0 Å². The number of piperidine rings is 1. The van der Waals surface area contributed by atoms with Crippen LogP contribution < -0.4 is 5.32 Å². The molecule has 1 aromatic heterocycles. The summed E-state index contributed by atoms with van der Waals surface area (Å²) in [5, 5.41) is 2.58. The number of rotatable bonds is 10. The Kier molecular flexibility index (Phi) is 10.6. The topological polar surface area (TPSA) is 65.5 Å². The molecule has 0 unspecified atom stereocenters. The summed E-state index contributed by atoms with van der Waals surface area (Å²) >= 11 is 2.17. The molecule has 0 bridgehead atoms. The molecule has 1 N–H and O–H groups in total. The number of halogens is 3. The first-order valence-corrected chi connectivity index (χ1v) is 14.7. The van der Waals surface area contributed by atoms with Gasteiger partial charge in [-0.05, 0) is 96.3 Å². The van der Waals surface area contributed by atoms with Crippen LogP contribution >= 0.6 is 22.6 Å². The normalized spacial score (nSPS) is 14.3. The number of amides is 2. The molecule has 0 spiro atoms. The number of hydrogen-bond donors (Lipinski definition) is 1. The second-order valence-electron chi connectivity index (χ2n) is 10.6. The fraction of sp³-hybridized carbons (Fsp3) is 0.387. The Hall–Kier alpha value is -2.92.